The van der Waals surface area contributed by atoms with E-state index < -0.39 is 5.97 Å². The summed E-state index contributed by atoms with van der Waals surface area (Å²) in [6.07, 6.45) is 3.45. The highest BCUT2D eigenvalue weighted by Crippen LogP contribution is 2.42. The normalized spacial score (nSPS) is 17.8. The lowest BCUT2D eigenvalue weighted by Gasteiger charge is -2.41. The zero-order valence-corrected chi connectivity index (χ0v) is 11.8. The molecule has 1 heterocycles. The van der Waals surface area contributed by atoms with Crippen LogP contribution >= 0.6 is 11.8 Å². The van der Waals surface area contributed by atoms with Crippen molar-refractivity contribution in [1.82, 2.24) is 14.8 Å². The van der Waals surface area contributed by atoms with Gasteiger partial charge in [0.15, 0.2) is 5.16 Å². The molecule has 1 aromatic heterocycles. The van der Waals surface area contributed by atoms with Crippen LogP contribution in [0.1, 0.15) is 51.8 Å². The van der Waals surface area contributed by atoms with Gasteiger partial charge in [-0.15, -0.1) is 10.2 Å². The molecule has 1 saturated carbocycles. The third kappa shape index (κ3) is 2.39. The van der Waals surface area contributed by atoms with Crippen LogP contribution in [-0.4, -0.2) is 31.6 Å². The van der Waals surface area contributed by atoms with Gasteiger partial charge in [-0.25, -0.2) is 0 Å². The molecule has 0 aliphatic heterocycles. The Kier molecular flexibility index (Phi) is 3.66. The third-order valence-corrected chi connectivity index (χ3v) is 4.38. The van der Waals surface area contributed by atoms with Crippen molar-refractivity contribution in [1.29, 1.82) is 0 Å². The lowest BCUT2D eigenvalue weighted by molar-refractivity contribution is -0.133. The van der Waals surface area contributed by atoms with E-state index in [-0.39, 0.29) is 11.3 Å². The van der Waals surface area contributed by atoms with Crippen LogP contribution in [0, 0.1) is 0 Å². The van der Waals surface area contributed by atoms with Gasteiger partial charge in [0.1, 0.15) is 5.82 Å². The largest absolute Gasteiger partial charge is 0.481 e. The Morgan fingerprint density at radius 3 is 2.61 bits per heavy atom. The van der Waals surface area contributed by atoms with Crippen LogP contribution < -0.4 is 0 Å². The summed E-state index contributed by atoms with van der Waals surface area (Å²) in [5.74, 6) is 0.477. The molecule has 0 spiro atoms. The average molecular weight is 269 g/mol. The van der Waals surface area contributed by atoms with E-state index in [1.54, 1.807) is 0 Å². The first-order valence-electron chi connectivity index (χ1n) is 6.24. The van der Waals surface area contributed by atoms with Crippen molar-refractivity contribution in [3.05, 3.63) is 5.82 Å². The summed E-state index contributed by atoms with van der Waals surface area (Å²) in [6, 6.07) is 0. The van der Waals surface area contributed by atoms with Crippen LogP contribution in [0.25, 0.3) is 0 Å². The topological polar surface area (TPSA) is 68.0 Å². The van der Waals surface area contributed by atoms with Crippen LogP contribution in [0.15, 0.2) is 5.16 Å². The van der Waals surface area contributed by atoms with Crippen LogP contribution in [0.5, 0.6) is 0 Å². The number of hydrogen-bond donors (Lipinski definition) is 1. The zero-order valence-electron chi connectivity index (χ0n) is 11.0. The van der Waals surface area contributed by atoms with Crippen molar-refractivity contribution < 1.29 is 9.90 Å². The molecule has 1 aliphatic rings. The summed E-state index contributed by atoms with van der Waals surface area (Å²) < 4.78 is 2.16. The fourth-order valence-electron chi connectivity index (χ4n) is 2.29. The molecule has 1 fully saturated rings. The first kappa shape index (κ1) is 13.4. The SMILES string of the molecule is CC(C)c1nnc(SCC(=O)O)n1C1(C)CCC1. The summed E-state index contributed by atoms with van der Waals surface area (Å²) in [5.41, 5.74) is 0.0734. The number of aliphatic carboxylic acids is 1. The molecule has 18 heavy (non-hydrogen) atoms. The van der Waals surface area contributed by atoms with Crippen LogP contribution in [0.2, 0.25) is 0 Å². The first-order chi connectivity index (χ1) is 8.44. The molecule has 0 bridgehead atoms. The van der Waals surface area contributed by atoms with E-state index in [0.29, 0.717) is 5.92 Å². The Labute approximate surface area is 111 Å². The molecule has 2 rings (SSSR count). The smallest absolute Gasteiger partial charge is 0.313 e. The fraction of sp³-hybridized carbons (Fsp3) is 0.750. The van der Waals surface area contributed by atoms with Crippen molar-refractivity contribution in [2.24, 2.45) is 0 Å². The van der Waals surface area contributed by atoms with Gasteiger partial charge in [-0.3, -0.25) is 9.36 Å². The van der Waals surface area contributed by atoms with E-state index in [1.807, 2.05) is 0 Å². The molecule has 1 aromatic rings. The van der Waals surface area contributed by atoms with Crippen molar-refractivity contribution in [3.63, 3.8) is 0 Å². The van der Waals surface area contributed by atoms with Gasteiger partial charge < -0.3 is 5.11 Å². The van der Waals surface area contributed by atoms with Gasteiger partial charge in [0.05, 0.1) is 5.75 Å². The van der Waals surface area contributed by atoms with E-state index >= 15 is 0 Å². The van der Waals surface area contributed by atoms with E-state index in [2.05, 4.69) is 35.5 Å². The second-order valence-electron chi connectivity index (χ2n) is 5.36. The first-order valence-corrected chi connectivity index (χ1v) is 7.23. The Hall–Kier alpha value is -1.04. The molecular formula is C12H19N3O2S. The second-order valence-corrected chi connectivity index (χ2v) is 6.31. The standard InChI is InChI=1S/C12H19N3O2S/c1-8(2)10-13-14-11(18-7-9(16)17)15(10)12(3)5-4-6-12/h8H,4-7H2,1-3H3,(H,16,17). The van der Waals surface area contributed by atoms with Crippen LogP contribution in [0.4, 0.5) is 0 Å². The van der Waals surface area contributed by atoms with Gasteiger partial charge in [-0.1, -0.05) is 25.6 Å². The third-order valence-electron chi connectivity index (χ3n) is 3.47. The summed E-state index contributed by atoms with van der Waals surface area (Å²) >= 11 is 1.26. The van der Waals surface area contributed by atoms with Gasteiger partial charge in [-0.05, 0) is 26.2 Å². The molecule has 0 atom stereocenters. The second kappa shape index (κ2) is 4.91. The predicted octanol–water partition coefficient (Wildman–Crippen LogP) is 2.48. The summed E-state index contributed by atoms with van der Waals surface area (Å²) in [6.45, 7) is 6.39. The van der Waals surface area contributed by atoms with E-state index in [4.69, 9.17) is 5.11 Å². The van der Waals surface area contributed by atoms with Gasteiger partial charge in [0.25, 0.3) is 0 Å². The lowest BCUT2D eigenvalue weighted by Crippen LogP contribution is -2.39. The van der Waals surface area contributed by atoms with Crippen molar-refractivity contribution >= 4 is 17.7 Å². The van der Waals surface area contributed by atoms with Crippen molar-refractivity contribution in [2.75, 3.05) is 5.75 Å². The minimum absolute atomic E-state index is 0.0340. The Morgan fingerprint density at radius 1 is 1.50 bits per heavy atom. The van der Waals surface area contributed by atoms with Crippen molar-refractivity contribution in [3.8, 4) is 0 Å². The number of carbonyl (C=O) groups is 1. The monoisotopic (exact) mass is 269 g/mol. The van der Waals surface area contributed by atoms with Gasteiger partial charge in [-0.2, -0.15) is 0 Å². The maximum Gasteiger partial charge on any atom is 0.313 e. The number of carboxylic acid groups (broad SMARTS) is 1. The Bertz CT molecular complexity index is 452. The summed E-state index contributed by atoms with van der Waals surface area (Å²) in [4.78, 5) is 10.7. The highest BCUT2D eigenvalue weighted by molar-refractivity contribution is 7.99. The van der Waals surface area contributed by atoms with E-state index in [1.165, 1.54) is 18.2 Å². The minimum Gasteiger partial charge on any atom is -0.481 e. The lowest BCUT2D eigenvalue weighted by atomic mass is 9.78. The predicted molar refractivity (Wildman–Crippen MR) is 70.0 cm³/mol. The van der Waals surface area contributed by atoms with E-state index in [9.17, 15) is 4.79 Å². The molecule has 0 radical (unpaired) electrons. The highest BCUT2D eigenvalue weighted by atomic mass is 32.2. The maximum absolute atomic E-state index is 10.7. The van der Waals surface area contributed by atoms with Crippen LogP contribution in [-0.2, 0) is 10.3 Å². The summed E-state index contributed by atoms with van der Waals surface area (Å²) in [5, 5.41) is 17.9. The number of rotatable bonds is 5. The maximum atomic E-state index is 10.7. The van der Waals surface area contributed by atoms with Crippen molar-refractivity contribution in [2.45, 2.75) is 56.6 Å². The zero-order chi connectivity index (χ0) is 13.3. The number of carboxylic acids is 1. The molecule has 0 aromatic carbocycles. The fourth-order valence-corrected chi connectivity index (χ4v) is 3.09. The number of aromatic nitrogens is 3. The molecule has 0 saturated heterocycles. The molecule has 1 aliphatic carbocycles. The van der Waals surface area contributed by atoms with Gasteiger partial charge in [0, 0.05) is 11.5 Å². The number of hydrogen-bond acceptors (Lipinski definition) is 4. The van der Waals surface area contributed by atoms with Gasteiger partial charge in [0.2, 0.25) is 0 Å². The number of nitrogens with zero attached hydrogens (tertiary/aromatic N) is 3. The molecule has 5 nitrogen and oxygen atoms in total. The molecule has 0 amide bonds. The number of thioether (sulfide) groups is 1. The molecule has 0 unspecified atom stereocenters. The van der Waals surface area contributed by atoms with Crippen LogP contribution in [0.3, 0.4) is 0 Å². The molecule has 100 valence electrons. The molecular weight excluding hydrogens is 250 g/mol. The summed E-state index contributed by atoms with van der Waals surface area (Å²) in [7, 11) is 0. The highest BCUT2D eigenvalue weighted by Gasteiger charge is 2.38. The molecule has 6 heteroatoms. The molecule has 1 N–H and O–H groups in total. The quantitative estimate of drug-likeness (QED) is 0.832. The Balaban J connectivity index is 2.32. The minimum atomic E-state index is -0.820. The van der Waals surface area contributed by atoms with Gasteiger partial charge >= 0.3 is 5.97 Å². The average Bonchev–Trinajstić information content (AvgIpc) is 2.67. The van der Waals surface area contributed by atoms with E-state index in [0.717, 1.165) is 23.8 Å². The Morgan fingerprint density at radius 2 is 2.17 bits per heavy atom.